The van der Waals surface area contributed by atoms with Crippen LogP contribution in [0.25, 0.3) is 6.08 Å². The van der Waals surface area contributed by atoms with Crippen molar-refractivity contribution in [1.82, 2.24) is 4.98 Å². The van der Waals surface area contributed by atoms with E-state index < -0.39 is 0 Å². The van der Waals surface area contributed by atoms with Crippen LogP contribution in [-0.4, -0.2) is 28.8 Å². The van der Waals surface area contributed by atoms with Crippen molar-refractivity contribution >= 4 is 23.5 Å². The number of pyridine rings is 1. The molecular formula is C41H48N2O4. The normalized spacial score (nSPS) is 11.2. The third-order valence-corrected chi connectivity index (χ3v) is 8.52. The summed E-state index contributed by atoms with van der Waals surface area (Å²) in [6.45, 7) is 2.16. The van der Waals surface area contributed by atoms with Crippen LogP contribution in [0.15, 0.2) is 85.1 Å². The number of carbonyl (C=O) groups excluding carboxylic acids is 2. The van der Waals surface area contributed by atoms with Crippen LogP contribution in [0.1, 0.15) is 90.8 Å². The van der Waals surface area contributed by atoms with Crippen molar-refractivity contribution in [2.24, 2.45) is 0 Å². The first kappa shape index (κ1) is 35.1. The minimum atomic E-state index is -0.234. The van der Waals surface area contributed by atoms with Gasteiger partial charge in [0.15, 0.2) is 17.3 Å². The average molecular weight is 633 g/mol. The van der Waals surface area contributed by atoms with Gasteiger partial charge >= 0.3 is 0 Å². The minimum absolute atomic E-state index is 0.0153. The van der Waals surface area contributed by atoms with Crippen LogP contribution in [0.4, 0.5) is 5.82 Å². The lowest BCUT2D eigenvalue weighted by Crippen LogP contribution is -2.05. The summed E-state index contributed by atoms with van der Waals surface area (Å²) in [5.74, 6) is 0.522. The number of ether oxygens (including phenoxy) is 1. The Bertz CT molecular complexity index is 1650. The highest BCUT2D eigenvalue weighted by Gasteiger charge is 2.14. The van der Waals surface area contributed by atoms with Gasteiger partial charge in [-0.2, -0.15) is 0 Å². The molecule has 0 spiro atoms. The van der Waals surface area contributed by atoms with E-state index in [1.165, 1.54) is 36.3 Å². The Labute approximate surface area is 279 Å². The number of allylic oxidation sites excluding steroid dienone is 1. The van der Waals surface area contributed by atoms with Crippen LogP contribution in [0, 0.1) is 0 Å². The second-order valence-corrected chi connectivity index (χ2v) is 12.3. The number of methoxy groups -OCH3 is 1. The molecule has 0 amide bonds. The Morgan fingerprint density at radius 2 is 1.51 bits per heavy atom. The van der Waals surface area contributed by atoms with Crippen molar-refractivity contribution in [3.05, 3.63) is 124 Å². The van der Waals surface area contributed by atoms with Crippen molar-refractivity contribution in [3.8, 4) is 11.5 Å². The molecule has 0 aliphatic rings. The van der Waals surface area contributed by atoms with E-state index in [1.54, 1.807) is 24.4 Å². The van der Waals surface area contributed by atoms with Gasteiger partial charge in [0, 0.05) is 12.6 Å². The number of unbranched alkanes of at least 4 members (excludes halogenated alkanes) is 4. The maximum absolute atomic E-state index is 12.7. The van der Waals surface area contributed by atoms with Gasteiger partial charge in [-0.05, 0) is 102 Å². The molecule has 0 bridgehead atoms. The van der Waals surface area contributed by atoms with E-state index in [4.69, 9.17) is 10.5 Å². The highest BCUT2D eigenvalue weighted by Crippen LogP contribution is 2.32. The molecule has 0 fully saturated rings. The van der Waals surface area contributed by atoms with Gasteiger partial charge in [-0.1, -0.05) is 93.3 Å². The Hall–Kier alpha value is -4.71. The van der Waals surface area contributed by atoms with E-state index in [9.17, 15) is 14.7 Å². The highest BCUT2D eigenvalue weighted by atomic mass is 16.5. The molecule has 246 valence electrons. The number of hydrogen-bond acceptors (Lipinski definition) is 6. The second-order valence-electron chi connectivity index (χ2n) is 12.3. The lowest BCUT2D eigenvalue weighted by molar-refractivity contribution is -0.124. The quantitative estimate of drug-likeness (QED) is 0.0611. The molecule has 0 aliphatic heterocycles. The molecule has 3 aromatic carbocycles. The molecule has 0 unspecified atom stereocenters. The Morgan fingerprint density at radius 1 is 0.809 bits per heavy atom. The van der Waals surface area contributed by atoms with Gasteiger partial charge < -0.3 is 15.6 Å². The first-order chi connectivity index (χ1) is 22.8. The molecule has 0 saturated carbocycles. The number of phenolic OH excluding ortho intramolecular Hbond substituents is 1. The predicted molar refractivity (Wildman–Crippen MR) is 191 cm³/mol. The van der Waals surface area contributed by atoms with E-state index >= 15 is 0 Å². The number of aryl methyl sites for hydroxylation is 4. The molecule has 4 rings (SSSR count). The number of nitrogens with two attached hydrogens (primary N) is 1. The lowest BCUT2D eigenvalue weighted by Gasteiger charge is -2.14. The monoisotopic (exact) mass is 632 g/mol. The average Bonchev–Trinajstić information content (AvgIpc) is 3.07. The van der Waals surface area contributed by atoms with Crippen molar-refractivity contribution in [2.45, 2.75) is 84.0 Å². The minimum Gasteiger partial charge on any atom is -0.504 e. The molecule has 47 heavy (non-hydrogen) atoms. The van der Waals surface area contributed by atoms with E-state index in [-0.39, 0.29) is 23.7 Å². The maximum Gasteiger partial charge on any atom is 0.163 e. The third kappa shape index (κ3) is 11.5. The van der Waals surface area contributed by atoms with Crippen molar-refractivity contribution in [2.75, 3.05) is 12.8 Å². The lowest BCUT2D eigenvalue weighted by atomic mass is 9.93. The summed E-state index contributed by atoms with van der Waals surface area (Å²) in [6, 6.07) is 24.6. The summed E-state index contributed by atoms with van der Waals surface area (Å²) < 4.78 is 5.36. The Balaban J connectivity index is 1.45. The zero-order valence-corrected chi connectivity index (χ0v) is 27.8. The number of aromatic nitrogens is 1. The fraction of sp³-hybridized carbons (Fsp3) is 0.341. The van der Waals surface area contributed by atoms with Crippen LogP contribution in [0.3, 0.4) is 0 Å². The molecule has 6 heteroatoms. The number of nitrogens with zero attached hydrogens (tertiary/aromatic N) is 1. The number of carbonyl (C=O) groups is 2. The number of aromatic hydroxyl groups is 1. The zero-order chi connectivity index (χ0) is 33.4. The number of Topliss-reactive ketones (excluding diaryl/α,β-unsaturated/α-hetero) is 1. The zero-order valence-electron chi connectivity index (χ0n) is 27.8. The fourth-order valence-electron chi connectivity index (χ4n) is 5.84. The molecule has 6 nitrogen and oxygen atoms in total. The largest absolute Gasteiger partial charge is 0.504 e. The first-order valence-corrected chi connectivity index (χ1v) is 16.8. The molecule has 0 radical (unpaired) electrons. The van der Waals surface area contributed by atoms with Crippen LogP contribution < -0.4 is 10.5 Å². The summed E-state index contributed by atoms with van der Waals surface area (Å²) in [4.78, 5) is 29.4. The number of ketones is 2. The smallest absolute Gasteiger partial charge is 0.163 e. The second kappa shape index (κ2) is 18.4. The molecule has 0 atom stereocenters. The van der Waals surface area contributed by atoms with Crippen molar-refractivity contribution in [1.29, 1.82) is 0 Å². The number of anilines is 1. The first-order valence-electron chi connectivity index (χ1n) is 16.8. The third-order valence-electron chi connectivity index (χ3n) is 8.52. The van der Waals surface area contributed by atoms with E-state index in [2.05, 4.69) is 60.4 Å². The van der Waals surface area contributed by atoms with Crippen molar-refractivity contribution in [3.63, 3.8) is 0 Å². The Kier molecular flexibility index (Phi) is 13.8. The molecule has 1 heterocycles. The summed E-state index contributed by atoms with van der Waals surface area (Å²) in [5.41, 5.74) is 13.6. The maximum atomic E-state index is 12.7. The standard InChI is InChI=1S/C41H48N2O4/c1-3-4-5-6-10-16-37(44)28-38(45)22-21-33-26-40(47-2)39(46)25-35(33)24-36-29-43-41(42)27-34(36)20-19-32-15-11-14-31(23-32)18-17-30-12-8-7-9-13-30/h7-9,11-15,21-23,25-27,29,46H,3-6,10,16-20,24,28H2,1-2H3,(H2,42,43). The van der Waals surface area contributed by atoms with Gasteiger partial charge in [-0.15, -0.1) is 0 Å². The molecule has 1 aromatic heterocycles. The number of nitrogen functional groups attached to an aromatic ring is 1. The fourth-order valence-corrected chi connectivity index (χ4v) is 5.84. The summed E-state index contributed by atoms with van der Waals surface area (Å²) >= 11 is 0. The highest BCUT2D eigenvalue weighted by molar-refractivity contribution is 6.06. The SMILES string of the molecule is CCCCCCCC(=O)CC(=O)C=Cc1cc(OC)c(O)cc1Cc1cnc(N)cc1CCc1cccc(CCc2ccccc2)c1. The van der Waals surface area contributed by atoms with Crippen LogP contribution >= 0.6 is 0 Å². The summed E-state index contributed by atoms with van der Waals surface area (Å²) in [6.07, 6.45) is 14.7. The number of hydrogen-bond donors (Lipinski definition) is 2. The van der Waals surface area contributed by atoms with Crippen LogP contribution in [0.5, 0.6) is 11.5 Å². The van der Waals surface area contributed by atoms with Gasteiger partial charge in [0.25, 0.3) is 0 Å². The van der Waals surface area contributed by atoms with Crippen molar-refractivity contribution < 1.29 is 19.4 Å². The predicted octanol–water partition coefficient (Wildman–Crippen LogP) is 8.44. The van der Waals surface area contributed by atoms with Gasteiger partial charge in [-0.3, -0.25) is 9.59 Å². The summed E-state index contributed by atoms with van der Waals surface area (Å²) in [7, 11) is 1.49. The van der Waals surface area contributed by atoms with E-state index in [0.29, 0.717) is 24.4 Å². The van der Waals surface area contributed by atoms with Gasteiger partial charge in [-0.25, -0.2) is 4.98 Å². The van der Waals surface area contributed by atoms with Crippen LogP contribution in [0.2, 0.25) is 0 Å². The van der Waals surface area contributed by atoms with Gasteiger partial charge in [0.05, 0.1) is 13.5 Å². The number of phenols is 1. The number of rotatable bonds is 19. The summed E-state index contributed by atoms with van der Waals surface area (Å²) in [5, 5.41) is 10.6. The van der Waals surface area contributed by atoms with Gasteiger partial charge in [0.2, 0.25) is 0 Å². The molecule has 0 saturated heterocycles. The van der Waals surface area contributed by atoms with Crippen LogP contribution in [-0.2, 0) is 41.7 Å². The molecule has 3 N–H and O–H groups in total. The number of benzene rings is 3. The van der Waals surface area contributed by atoms with E-state index in [1.807, 2.05) is 12.1 Å². The molecular weight excluding hydrogens is 584 g/mol. The Morgan fingerprint density at radius 3 is 2.26 bits per heavy atom. The van der Waals surface area contributed by atoms with Gasteiger partial charge in [0.1, 0.15) is 11.6 Å². The molecule has 4 aromatic rings. The van der Waals surface area contributed by atoms with E-state index in [0.717, 1.165) is 73.6 Å². The molecule has 0 aliphatic carbocycles. The topological polar surface area (TPSA) is 103 Å².